The number of ether oxygens (including phenoxy) is 1. The number of nitrogens with zero attached hydrogens (tertiary/aromatic N) is 1. The molecule has 0 aromatic rings. The minimum absolute atomic E-state index is 0.360. The molecule has 0 bridgehead atoms. The average molecular weight is 170 g/mol. The van der Waals surface area contributed by atoms with E-state index in [2.05, 4.69) is 4.74 Å². The first-order valence-corrected chi connectivity index (χ1v) is 3.39. The Kier molecular flexibility index (Phi) is 1.87. The summed E-state index contributed by atoms with van der Waals surface area (Å²) in [7, 11) is 0. The van der Waals surface area contributed by atoms with Crippen LogP contribution in [0.3, 0.4) is 0 Å². The van der Waals surface area contributed by atoms with E-state index in [9.17, 15) is 14.4 Å². The quantitative estimate of drug-likeness (QED) is 0.578. The van der Waals surface area contributed by atoms with Crippen molar-refractivity contribution in [2.45, 2.75) is 19.4 Å². The molecule has 0 atom stereocenters. The first-order chi connectivity index (χ1) is 5.49. The standard InChI is InChI=1S/C7H8NO4/c1-7(2)5(10)8(3-4-9)6(11)12-7/h3H2,1-2H3. The number of hydrogen-bond acceptors (Lipinski definition) is 4. The Bertz CT molecular complexity index is 246. The van der Waals surface area contributed by atoms with Crippen molar-refractivity contribution in [1.29, 1.82) is 0 Å². The number of hydrogen-bond donors (Lipinski definition) is 0. The topological polar surface area (TPSA) is 63.7 Å². The van der Waals surface area contributed by atoms with E-state index in [4.69, 9.17) is 0 Å². The number of rotatable bonds is 2. The van der Waals surface area contributed by atoms with Gasteiger partial charge in [0.05, 0.1) is 6.54 Å². The van der Waals surface area contributed by atoms with Crippen molar-refractivity contribution in [3.05, 3.63) is 0 Å². The van der Waals surface area contributed by atoms with Crippen LogP contribution in [-0.4, -0.2) is 35.3 Å². The maximum atomic E-state index is 11.2. The molecule has 0 saturated carbocycles. The van der Waals surface area contributed by atoms with Gasteiger partial charge in [-0.2, -0.15) is 0 Å². The number of cyclic esters (lactones) is 1. The van der Waals surface area contributed by atoms with E-state index in [0.717, 1.165) is 4.90 Å². The molecule has 1 radical (unpaired) electrons. The van der Waals surface area contributed by atoms with E-state index in [1.165, 1.54) is 20.1 Å². The summed E-state index contributed by atoms with van der Waals surface area (Å²) in [6, 6.07) is 0. The van der Waals surface area contributed by atoms with E-state index in [1.807, 2.05) is 0 Å². The largest absolute Gasteiger partial charge is 0.433 e. The van der Waals surface area contributed by atoms with Crippen LogP contribution >= 0.6 is 0 Å². The Hall–Kier alpha value is -1.39. The van der Waals surface area contributed by atoms with Gasteiger partial charge in [-0.15, -0.1) is 0 Å². The van der Waals surface area contributed by atoms with Crippen molar-refractivity contribution in [1.82, 2.24) is 4.90 Å². The van der Waals surface area contributed by atoms with Gasteiger partial charge in [0, 0.05) is 0 Å². The van der Waals surface area contributed by atoms with Crippen molar-refractivity contribution in [2.24, 2.45) is 0 Å². The third kappa shape index (κ3) is 1.17. The molecule has 1 fully saturated rings. The SMILES string of the molecule is CC1(C)OC(=O)N(C[C]=O)C1=O. The van der Waals surface area contributed by atoms with E-state index in [0.29, 0.717) is 0 Å². The first kappa shape index (κ1) is 8.70. The average Bonchev–Trinajstić information content (AvgIpc) is 2.13. The molecule has 5 heteroatoms. The molecule has 0 unspecified atom stereocenters. The first-order valence-electron chi connectivity index (χ1n) is 3.39. The normalized spacial score (nSPS) is 21.0. The lowest BCUT2D eigenvalue weighted by Crippen LogP contribution is -2.37. The van der Waals surface area contributed by atoms with Gasteiger partial charge in [-0.05, 0) is 13.8 Å². The van der Waals surface area contributed by atoms with Crippen molar-refractivity contribution < 1.29 is 19.1 Å². The number of imide groups is 1. The fraction of sp³-hybridized carbons (Fsp3) is 0.571. The Labute approximate surface area is 69.3 Å². The van der Waals surface area contributed by atoms with Gasteiger partial charge in [0.15, 0.2) is 5.60 Å². The minimum Gasteiger partial charge on any atom is -0.433 e. The lowest BCUT2D eigenvalue weighted by Gasteiger charge is -2.11. The summed E-state index contributed by atoms with van der Waals surface area (Å²) in [5, 5.41) is 0. The molecule has 1 aliphatic rings. The van der Waals surface area contributed by atoms with Gasteiger partial charge in [-0.3, -0.25) is 9.59 Å². The van der Waals surface area contributed by atoms with Crippen LogP contribution < -0.4 is 0 Å². The van der Waals surface area contributed by atoms with Crippen LogP contribution in [0, 0.1) is 0 Å². The van der Waals surface area contributed by atoms with Crippen LogP contribution in [0.2, 0.25) is 0 Å². The molecule has 1 heterocycles. The van der Waals surface area contributed by atoms with Gasteiger partial charge in [0.1, 0.15) is 0 Å². The fourth-order valence-electron chi connectivity index (χ4n) is 0.926. The molecular weight excluding hydrogens is 162 g/mol. The van der Waals surface area contributed by atoms with Crippen molar-refractivity contribution in [3.63, 3.8) is 0 Å². The van der Waals surface area contributed by atoms with Crippen molar-refractivity contribution in [2.75, 3.05) is 6.54 Å². The van der Waals surface area contributed by atoms with Gasteiger partial charge in [0.2, 0.25) is 6.29 Å². The molecule has 65 valence electrons. The van der Waals surface area contributed by atoms with Crippen molar-refractivity contribution >= 4 is 18.3 Å². The highest BCUT2D eigenvalue weighted by molar-refractivity contribution is 6.03. The highest BCUT2D eigenvalue weighted by atomic mass is 16.6. The van der Waals surface area contributed by atoms with Crippen LogP contribution in [0.1, 0.15) is 13.8 Å². The van der Waals surface area contributed by atoms with Crippen LogP contribution in [0.5, 0.6) is 0 Å². The molecule has 0 aliphatic carbocycles. The van der Waals surface area contributed by atoms with Gasteiger partial charge in [-0.1, -0.05) is 0 Å². The van der Waals surface area contributed by atoms with Crippen LogP contribution in [0.15, 0.2) is 0 Å². The van der Waals surface area contributed by atoms with Gasteiger partial charge in [-0.25, -0.2) is 9.69 Å². The molecule has 2 amide bonds. The predicted octanol–water partition coefficient (Wildman–Crippen LogP) is -0.147. The molecule has 1 aliphatic heterocycles. The van der Waals surface area contributed by atoms with E-state index in [1.54, 1.807) is 0 Å². The fourth-order valence-corrected chi connectivity index (χ4v) is 0.926. The highest BCUT2D eigenvalue weighted by Crippen LogP contribution is 2.22. The van der Waals surface area contributed by atoms with Gasteiger partial charge < -0.3 is 4.74 Å². The third-order valence-electron chi connectivity index (χ3n) is 1.55. The van der Waals surface area contributed by atoms with Crippen LogP contribution in [0.4, 0.5) is 4.79 Å². The second-order valence-electron chi connectivity index (χ2n) is 2.91. The second kappa shape index (κ2) is 2.58. The maximum Gasteiger partial charge on any atom is 0.418 e. The molecule has 0 spiro atoms. The number of amides is 2. The molecule has 1 rings (SSSR count). The third-order valence-corrected chi connectivity index (χ3v) is 1.55. The molecule has 12 heavy (non-hydrogen) atoms. The molecule has 0 N–H and O–H groups in total. The zero-order valence-electron chi connectivity index (χ0n) is 6.79. The Morgan fingerprint density at radius 2 is 2.08 bits per heavy atom. The van der Waals surface area contributed by atoms with Crippen LogP contribution in [0.25, 0.3) is 0 Å². The van der Waals surface area contributed by atoms with E-state index < -0.39 is 17.6 Å². The molecule has 5 nitrogen and oxygen atoms in total. The minimum atomic E-state index is -1.14. The van der Waals surface area contributed by atoms with Gasteiger partial charge >= 0.3 is 6.09 Å². The lowest BCUT2D eigenvalue weighted by molar-refractivity contribution is -0.134. The summed E-state index contributed by atoms with van der Waals surface area (Å²) in [5.74, 6) is -0.504. The number of carbonyl (C=O) groups excluding carboxylic acids is 3. The summed E-state index contributed by atoms with van der Waals surface area (Å²) in [5.41, 5.74) is -1.14. The predicted molar refractivity (Wildman–Crippen MR) is 38.0 cm³/mol. The molecule has 0 aromatic carbocycles. The zero-order chi connectivity index (χ0) is 9.35. The molecular formula is C7H8NO4. The van der Waals surface area contributed by atoms with Crippen molar-refractivity contribution in [3.8, 4) is 0 Å². The maximum absolute atomic E-state index is 11.2. The molecule has 1 saturated heterocycles. The Morgan fingerprint density at radius 3 is 2.42 bits per heavy atom. The molecule has 0 aromatic heterocycles. The summed E-state index contributed by atoms with van der Waals surface area (Å²) in [4.78, 5) is 32.8. The second-order valence-corrected chi connectivity index (χ2v) is 2.91. The Morgan fingerprint density at radius 1 is 1.50 bits per heavy atom. The summed E-state index contributed by atoms with van der Waals surface area (Å²) >= 11 is 0. The zero-order valence-corrected chi connectivity index (χ0v) is 6.79. The monoisotopic (exact) mass is 170 g/mol. The Balaban J connectivity index is 2.85. The number of carbonyl (C=O) groups is 2. The highest BCUT2D eigenvalue weighted by Gasteiger charge is 2.46. The summed E-state index contributed by atoms with van der Waals surface area (Å²) in [6.45, 7) is 2.58. The summed E-state index contributed by atoms with van der Waals surface area (Å²) in [6.07, 6.45) is 0.679. The van der Waals surface area contributed by atoms with E-state index in [-0.39, 0.29) is 6.54 Å². The van der Waals surface area contributed by atoms with Gasteiger partial charge in [0.25, 0.3) is 5.91 Å². The lowest BCUT2D eigenvalue weighted by atomic mass is 10.1. The van der Waals surface area contributed by atoms with Crippen LogP contribution in [-0.2, 0) is 14.3 Å². The van der Waals surface area contributed by atoms with E-state index >= 15 is 0 Å². The summed E-state index contributed by atoms with van der Waals surface area (Å²) < 4.78 is 4.68. The smallest absolute Gasteiger partial charge is 0.418 e.